The molecule has 1 aliphatic rings. The van der Waals surface area contributed by atoms with Gasteiger partial charge in [-0.15, -0.1) is 11.3 Å². The number of benzene rings is 1. The third kappa shape index (κ3) is 5.17. The van der Waals surface area contributed by atoms with Crippen molar-refractivity contribution in [2.45, 2.75) is 32.9 Å². The van der Waals surface area contributed by atoms with Gasteiger partial charge in [0.2, 0.25) is 0 Å². The molecule has 0 bridgehead atoms. The SMILES string of the molecule is COC(=O)c1ccc(C(=O)NCc2ccccc2CN2CCCC(C)C2)s1. The number of carbonyl (C=O) groups excluding carboxylic acids is 2. The highest BCUT2D eigenvalue weighted by molar-refractivity contribution is 7.15. The summed E-state index contributed by atoms with van der Waals surface area (Å²) in [5.74, 6) is 0.158. The van der Waals surface area contributed by atoms with E-state index in [1.54, 1.807) is 12.1 Å². The van der Waals surface area contributed by atoms with Gasteiger partial charge in [0.15, 0.2) is 0 Å². The van der Waals surface area contributed by atoms with Gasteiger partial charge in [0.1, 0.15) is 4.88 Å². The molecule has 1 aromatic carbocycles. The number of piperidine rings is 1. The van der Waals surface area contributed by atoms with E-state index in [9.17, 15) is 9.59 Å². The predicted molar refractivity (Wildman–Crippen MR) is 107 cm³/mol. The second-order valence-corrected chi connectivity index (χ2v) is 8.17. The molecule has 1 saturated heterocycles. The van der Waals surface area contributed by atoms with E-state index in [0.717, 1.165) is 42.5 Å². The van der Waals surface area contributed by atoms with E-state index < -0.39 is 5.97 Å². The van der Waals surface area contributed by atoms with Crippen molar-refractivity contribution < 1.29 is 14.3 Å². The fraction of sp³-hybridized carbons (Fsp3) is 0.429. The average molecular weight is 387 g/mol. The molecule has 2 aromatic rings. The van der Waals surface area contributed by atoms with Gasteiger partial charge in [0.05, 0.1) is 12.0 Å². The van der Waals surface area contributed by atoms with Crippen LogP contribution in [0.1, 0.15) is 50.2 Å². The van der Waals surface area contributed by atoms with Crippen molar-refractivity contribution >= 4 is 23.2 Å². The normalized spacial score (nSPS) is 17.5. The van der Waals surface area contributed by atoms with Crippen LogP contribution >= 0.6 is 11.3 Å². The van der Waals surface area contributed by atoms with E-state index in [-0.39, 0.29) is 5.91 Å². The van der Waals surface area contributed by atoms with Gasteiger partial charge in [0.25, 0.3) is 5.91 Å². The molecule has 0 aliphatic carbocycles. The zero-order valence-corrected chi connectivity index (χ0v) is 16.7. The molecule has 1 unspecified atom stereocenters. The summed E-state index contributed by atoms with van der Waals surface area (Å²) in [5, 5.41) is 2.97. The number of hydrogen-bond donors (Lipinski definition) is 1. The summed E-state index contributed by atoms with van der Waals surface area (Å²) in [7, 11) is 1.34. The molecule has 1 aliphatic heterocycles. The van der Waals surface area contributed by atoms with E-state index in [1.807, 2.05) is 6.07 Å². The molecule has 1 amide bonds. The van der Waals surface area contributed by atoms with E-state index in [4.69, 9.17) is 0 Å². The summed E-state index contributed by atoms with van der Waals surface area (Å²) in [6.45, 7) is 5.97. The Balaban J connectivity index is 1.61. The van der Waals surface area contributed by atoms with Gasteiger partial charge < -0.3 is 10.1 Å². The van der Waals surface area contributed by atoms with Crippen LogP contribution in [-0.4, -0.2) is 37.0 Å². The van der Waals surface area contributed by atoms with Crippen molar-refractivity contribution in [2.24, 2.45) is 5.92 Å². The van der Waals surface area contributed by atoms with E-state index in [0.29, 0.717) is 16.3 Å². The number of likely N-dealkylation sites (tertiary alicyclic amines) is 1. The summed E-state index contributed by atoms with van der Waals surface area (Å²) in [6, 6.07) is 11.5. The Morgan fingerprint density at radius 3 is 2.67 bits per heavy atom. The number of esters is 1. The van der Waals surface area contributed by atoms with Gasteiger partial charge in [-0.3, -0.25) is 9.69 Å². The van der Waals surface area contributed by atoms with Crippen LogP contribution in [0.3, 0.4) is 0 Å². The van der Waals surface area contributed by atoms with Crippen molar-refractivity contribution in [3.63, 3.8) is 0 Å². The minimum absolute atomic E-state index is 0.170. The number of nitrogens with zero attached hydrogens (tertiary/aromatic N) is 1. The number of carbonyl (C=O) groups is 2. The Kier molecular flexibility index (Phi) is 6.63. The van der Waals surface area contributed by atoms with Gasteiger partial charge in [0, 0.05) is 19.6 Å². The second-order valence-electron chi connectivity index (χ2n) is 7.09. The summed E-state index contributed by atoms with van der Waals surface area (Å²) in [6.07, 6.45) is 2.56. The molecule has 3 rings (SSSR count). The number of rotatable bonds is 6. The van der Waals surface area contributed by atoms with Crippen molar-refractivity contribution in [3.05, 3.63) is 57.3 Å². The molecule has 2 heterocycles. The van der Waals surface area contributed by atoms with Gasteiger partial charge >= 0.3 is 5.97 Å². The number of thiophene rings is 1. The summed E-state index contributed by atoms with van der Waals surface area (Å²) < 4.78 is 4.69. The zero-order chi connectivity index (χ0) is 19.2. The molecule has 0 spiro atoms. The minimum atomic E-state index is -0.417. The van der Waals surface area contributed by atoms with Crippen LogP contribution < -0.4 is 5.32 Å². The van der Waals surface area contributed by atoms with Crippen molar-refractivity contribution in [1.29, 1.82) is 0 Å². The Labute approximate surface area is 164 Å². The maximum absolute atomic E-state index is 12.4. The van der Waals surface area contributed by atoms with Crippen molar-refractivity contribution in [3.8, 4) is 0 Å². The topological polar surface area (TPSA) is 58.6 Å². The van der Waals surface area contributed by atoms with Gasteiger partial charge in [-0.1, -0.05) is 31.2 Å². The first kappa shape index (κ1) is 19.6. The van der Waals surface area contributed by atoms with Crippen LogP contribution in [0.25, 0.3) is 0 Å². The van der Waals surface area contributed by atoms with E-state index >= 15 is 0 Å². The third-order valence-electron chi connectivity index (χ3n) is 4.91. The van der Waals surface area contributed by atoms with Crippen LogP contribution in [0.2, 0.25) is 0 Å². The predicted octanol–water partition coefficient (Wildman–Crippen LogP) is 3.70. The quantitative estimate of drug-likeness (QED) is 0.769. The Bertz CT molecular complexity index is 802. The molecular formula is C21H26N2O3S. The molecule has 1 fully saturated rings. The molecule has 1 N–H and O–H groups in total. The second kappa shape index (κ2) is 9.15. The Morgan fingerprint density at radius 2 is 1.93 bits per heavy atom. The molecule has 1 aromatic heterocycles. The molecule has 27 heavy (non-hydrogen) atoms. The van der Waals surface area contributed by atoms with Crippen LogP contribution in [0, 0.1) is 5.92 Å². The number of hydrogen-bond acceptors (Lipinski definition) is 5. The molecule has 6 heteroatoms. The van der Waals surface area contributed by atoms with Gasteiger partial charge in [-0.2, -0.15) is 0 Å². The van der Waals surface area contributed by atoms with Crippen LogP contribution in [0.5, 0.6) is 0 Å². The lowest BCUT2D eigenvalue weighted by atomic mass is 9.99. The fourth-order valence-corrected chi connectivity index (χ4v) is 4.33. The molecule has 0 radical (unpaired) electrons. The number of ether oxygens (including phenoxy) is 1. The highest BCUT2D eigenvalue weighted by Crippen LogP contribution is 2.20. The summed E-state index contributed by atoms with van der Waals surface area (Å²) >= 11 is 1.15. The zero-order valence-electron chi connectivity index (χ0n) is 15.9. The monoisotopic (exact) mass is 386 g/mol. The lowest BCUT2D eigenvalue weighted by molar-refractivity contribution is 0.0606. The van der Waals surface area contributed by atoms with Crippen molar-refractivity contribution in [1.82, 2.24) is 10.2 Å². The standard InChI is InChI=1S/C21H26N2O3S/c1-15-6-5-11-23(13-15)14-17-8-4-3-7-16(17)12-22-20(24)18-9-10-19(27-18)21(25)26-2/h3-4,7-10,15H,5-6,11-14H2,1-2H3,(H,22,24). The van der Waals surface area contributed by atoms with Gasteiger partial charge in [-0.25, -0.2) is 4.79 Å². The number of methoxy groups -OCH3 is 1. The smallest absolute Gasteiger partial charge is 0.348 e. The van der Waals surface area contributed by atoms with Crippen molar-refractivity contribution in [2.75, 3.05) is 20.2 Å². The molecule has 1 atom stereocenters. The lowest BCUT2D eigenvalue weighted by Gasteiger charge is -2.31. The average Bonchev–Trinajstić information content (AvgIpc) is 3.17. The highest BCUT2D eigenvalue weighted by atomic mass is 32.1. The first-order valence-electron chi connectivity index (χ1n) is 9.32. The molecular weight excluding hydrogens is 360 g/mol. The first-order valence-corrected chi connectivity index (χ1v) is 10.1. The summed E-state index contributed by atoms with van der Waals surface area (Å²) in [5.41, 5.74) is 2.39. The summed E-state index contributed by atoms with van der Waals surface area (Å²) in [4.78, 5) is 27.4. The first-order chi connectivity index (χ1) is 13.1. The largest absolute Gasteiger partial charge is 0.465 e. The maximum Gasteiger partial charge on any atom is 0.348 e. The lowest BCUT2D eigenvalue weighted by Crippen LogP contribution is -2.34. The van der Waals surface area contributed by atoms with Gasteiger partial charge in [-0.05, 0) is 48.6 Å². The number of amides is 1. The minimum Gasteiger partial charge on any atom is -0.465 e. The maximum atomic E-state index is 12.4. The van der Waals surface area contributed by atoms with Crippen LogP contribution in [0.15, 0.2) is 36.4 Å². The molecule has 0 saturated carbocycles. The van der Waals surface area contributed by atoms with Crippen LogP contribution in [0.4, 0.5) is 0 Å². The third-order valence-corrected chi connectivity index (χ3v) is 5.97. The fourth-order valence-electron chi connectivity index (χ4n) is 3.49. The van der Waals surface area contributed by atoms with E-state index in [1.165, 1.54) is 25.5 Å². The Morgan fingerprint density at radius 1 is 1.19 bits per heavy atom. The molecule has 144 valence electrons. The van der Waals surface area contributed by atoms with E-state index in [2.05, 4.69) is 40.1 Å². The molecule has 5 nitrogen and oxygen atoms in total. The highest BCUT2D eigenvalue weighted by Gasteiger charge is 2.18. The van der Waals surface area contributed by atoms with Crippen LogP contribution in [-0.2, 0) is 17.8 Å². The Hall–Kier alpha value is -2.18. The number of nitrogens with one attached hydrogen (secondary N) is 1.